The van der Waals surface area contributed by atoms with Crippen LogP contribution in [0.4, 0.5) is 13.2 Å². The van der Waals surface area contributed by atoms with Crippen LogP contribution in [0.15, 0.2) is 34.9 Å². The van der Waals surface area contributed by atoms with Crippen LogP contribution in [0.5, 0.6) is 0 Å². The molecule has 1 aromatic heterocycles. The molecule has 0 radical (unpaired) electrons. The minimum atomic E-state index is -4.38. The summed E-state index contributed by atoms with van der Waals surface area (Å²) in [5, 5.41) is 4.07. The fourth-order valence-electron chi connectivity index (χ4n) is 1.43. The third-order valence-electron chi connectivity index (χ3n) is 2.30. The van der Waals surface area contributed by atoms with Gasteiger partial charge in [-0.15, -0.1) is 11.6 Å². The molecular weight excluding hydrogens is 332 g/mol. The van der Waals surface area contributed by atoms with Gasteiger partial charge in [-0.05, 0) is 40.2 Å². The van der Waals surface area contributed by atoms with Crippen molar-refractivity contribution in [3.05, 3.63) is 46.2 Å². The Kier molecular flexibility index (Phi) is 3.68. The van der Waals surface area contributed by atoms with E-state index in [4.69, 9.17) is 11.6 Å². The molecule has 0 atom stereocenters. The molecule has 0 saturated carbocycles. The van der Waals surface area contributed by atoms with Gasteiger partial charge in [0.05, 0.1) is 22.8 Å². The minimum absolute atomic E-state index is 0.212. The summed E-state index contributed by atoms with van der Waals surface area (Å²) in [6.07, 6.45) is -2.81. The molecule has 1 aromatic carbocycles. The molecular formula is C11H7BrClF3N2. The highest BCUT2D eigenvalue weighted by atomic mass is 79.9. The summed E-state index contributed by atoms with van der Waals surface area (Å²) < 4.78 is 39.7. The van der Waals surface area contributed by atoms with Gasteiger partial charge in [0.1, 0.15) is 0 Å². The average molecular weight is 340 g/mol. The van der Waals surface area contributed by atoms with Gasteiger partial charge in [-0.2, -0.15) is 18.3 Å². The molecule has 2 nitrogen and oxygen atoms in total. The lowest BCUT2D eigenvalue weighted by atomic mass is 10.2. The Morgan fingerprint density at radius 3 is 2.56 bits per heavy atom. The number of benzene rings is 1. The highest BCUT2D eigenvalue weighted by molar-refractivity contribution is 9.10. The summed E-state index contributed by atoms with van der Waals surface area (Å²) >= 11 is 8.81. The molecule has 2 aromatic rings. The van der Waals surface area contributed by atoms with Crippen LogP contribution in [0.1, 0.15) is 11.3 Å². The summed E-state index contributed by atoms with van der Waals surface area (Å²) in [6.45, 7) is 0. The second kappa shape index (κ2) is 4.93. The molecule has 96 valence electrons. The van der Waals surface area contributed by atoms with E-state index >= 15 is 0 Å². The largest absolute Gasteiger partial charge is 0.416 e. The van der Waals surface area contributed by atoms with Crippen molar-refractivity contribution < 1.29 is 13.2 Å². The lowest BCUT2D eigenvalue weighted by Gasteiger charge is -2.10. The van der Waals surface area contributed by atoms with Gasteiger partial charge in [0.25, 0.3) is 0 Å². The van der Waals surface area contributed by atoms with E-state index in [1.807, 2.05) is 0 Å². The van der Waals surface area contributed by atoms with Crippen molar-refractivity contribution in [3.63, 3.8) is 0 Å². The number of aromatic nitrogens is 2. The number of nitrogens with zero attached hydrogens (tertiary/aromatic N) is 2. The predicted molar refractivity (Wildman–Crippen MR) is 65.8 cm³/mol. The van der Waals surface area contributed by atoms with Crippen LogP contribution in [-0.4, -0.2) is 9.78 Å². The summed E-state index contributed by atoms with van der Waals surface area (Å²) in [5.41, 5.74) is 0.200. The van der Waals surface area contributed by atoms with E-state index in [1.54, 1.807) is 12.3 Å². The van der Waals surface area contributed by atoms with Crippen molar-refractivity contribution in [2.75, 3.05) is 0 Å². The molecule has 0 aliphatic rings. The first-order valence-corrected chi connectivity index (χ1v) is 6.22. The van der Waals surface area contributed by atoms with Gasteiger partial charge in [0, 0.05) is 10.7 Å². The smallest absolute Gasteiger partial charge is 0.240 e. The highest BCUT2D eigenvalue weighted by Gasteiger charge is 2.31. The van der Waals surface area contributed by atoms with Crippen LogP contribution in [0.3, 0.4) is 0 Å². The maximum Gasteiger partial charge on any atom is 0.416 e. The fraction of sp³-hybridized carbons (Fsp3) is 0.182. The van der Waals surface area contributed by atoms with Crippen molar-refractivity contribution in [3.8, 4) is 5.69 Å². The molecule has 0 aliphatic heterocycles. The zero-order valence-corrected chi connectivity index (χ0v) is 11.2. The quantitative estimate of drug-likeness (QED) is 0.742. The van der Waals surface area contributed by atoms with E-state index in [1.165, 1.54) is 10.7 Å². The van der Waals surface area contributed by atoms with Crippen molar-refractivity contribution in [1.29, 1.82) is 0 Å². The normalized spacial score (nSPS) is 11.8. The Labute approximate surface area is 114 Å². The van der Waals surface area contributed by atoms with Crippen LogP contribution >= 0.6 is 27.5 Å². The Balaban J connectivity index is 2.49. The van der Waals surface area contributed by atoms with Crippen molar-refractivity contribution in [2.24, 2.45) is 0 Å². The second-order valence-electron chi connectivity index (χ2n) is 3.55. The first kappa shape index (κ1) is 13.4. The lowest BCUT2D eigenvalue weighted by Crippen LogP contribution is -2.07. The molecule has 1 heterocycles. The Morgan fingerprint density at radius 1 is 1.28 bits per heavy atom. The molecule has 0 bridgehead atoms. The molecule has 0 aliphatic carbocycles. The van der Waals surface area contributed by atoms with Crippen LogP contribution < -0.4 is 0 Å². The molecule has 0 amide bonds. The lowest BCUT2D eigenvalue weighted by molar-refractivity contribution is -0.137. The highest BCUT2D eigenvalue weighted by Crippen LogP contribution is 2.33. The Morgan fingerprint density at radius 2 is 2.00 bits per heavy atom. The summed E-state index contributed by atoms with van der Waals surface area (Å²) in [6, 6.07) is 5.05. The van der Waals surface area contributed by atoms with Gasteiger partial charge >= 0.3 is 6.18 Å². The fourth-order valence-corrected chi connectivity index (χ4v) is 2.00. The van der Waals surface area contributed by atoms with Gasteiger partial charge < -0.3 is 0 Å². The number of rotatable bonds is 2. The van der Waals surface area contributed by atoms with Gasteiger partial charge in [0.2, 0.25) is 0 Å². The number of halogens is 5. The van der Waals surface area contributed by atoms with E-state index in [9.17, 15) is 13.2 Å². The summed E-state index contributed by atoms with van der Waals surface area (Å²) in [5.74, 6) is 0.212. The van der Waals surface area contributed by atoms with Gasteiger partial charge in [-0.3, -0.25) is 0 Å². The van der Waals surface area contributed by atoms with Crippen LogP contribution in [0.25, 0.3) is 5.69 Å². The van der Waals surface area contributed by atoms with Crippen molar-refractivity contribution in [1.82, 2.24) is 9.78 Å². The molecule has 18 heavy (non-hydrogen) atoms. The van der Waals surface area contributed by atoms with Gasteiger partial charge in [-0.1, -0.05) is 0 Å². The van der Waals surface area contributed by atoms with E-state index < -0.39 is 11.7 Å². The Bertz CT molecular complexity index is 566. The number of alkyl halides is 4. The third-order valence-corrected chi connectivity index (χ3v) is 3.25. The van der Waals surface area contributed by atoms with Crippen molar-refractivity contribution in [2.45, 2.75) is 12.1 Å². The van der Waals surface area contributed by atoms with Gasteiger partial charge in [-0.25, -0.2) is 4.68 Å². The maximum absolute atomic E-state index is 12.6. The summed E-state index contributed by atoms with van der Waals surface area (Å²) in [7, 11) is 0. The van der Waals surface area contributed by atoms with Crippen LogP contribution in [0.2, 0.25) is 0 Å². The molecule has 2 rings (SSSR count). The monoisotopic (exact) mass is 338 g/mol. The van der Waals surface area contributed by atoms with E-state index in [2.05, 4.69) is 21.0 Å². The van der Waals surface area contributed by atoms with Crippen molar-refractivity contribution >= 4 is 27.5 Å². The zero-order valence-electron chi connectivity index (χ0n) is 8.88. The van der Waals surface area contributed by atoms with Gasteiger partial charge in [0.15, 0.2) is 0 Å². The second-order valence-corrected chi connectivity index (χ2v) is 4.67. The molecule has 0 N–H and O–H groups in total. The molecule has 0 spiro atoms. The van der Waals surface area contributed by atoms with E-state index in [-0.39, 0.29) is 5.88 Å². The number of hydrogen-bond donors (Lipinski definition) is 0. The molecule has 7 heteroatoms. The average Bonchev–Trinajstić information content (AvgIpc) is 2.76. The first-order valence-electron chi connectivity index (χ1n) is 4.89. The van der Waals surface area contributed by atoms with E-state index in [0.29, 0.717) is 15.9 Å². The van der Waals surface area contributed by atoms with E-state index in [0.717, 1.165) is 12.1 Å². The van der Waals surface area contributed by atoms with Crippen LogP contribution in [-0.2, 0) is 12.1 Å². The summed E-state index contributed by atoms with van der Waals surface area (Å²) in [4.78, 5) is 0. The topological polar surface area (TPSA) is 17.8 Å². The zero-order chi connectivity index (χ0) is 13.3. The minimum Gasteiger partial charge on any atom is -0.240 e. The predicted octanol–water partition coefficient (Wildman–Crippen LogP) is 4.39. The molecule has 0 unspecified atom stereocenters. The number of hydrogen-bond acceptors (Lipinski definition) is 1. The maximum atomic E-state index is 12.6. The standard InChI is InChI=1S/C11H7BrClF3N2/c12-9-2-1-7(11(14,15)16)5-10(9)18-4-3-8(6-13)17-18/h1-5H,6H2. The molecule has 0 fully saturated rings. The SMILES string of the molecule is FC(F)(F)c1ccc(Br)c(-n2ccc(CCl)n2)c1. The molecule has 0 saturated heterocycles. The first-order chi connectivity index (χ1) is 8.41. The Hall–Kier alpha value is -1.01. The van der Waals surface area contributed by atoms with Crippen LogP contribution in [0, 0.1) is 0 Å². The third kappa shape index (κ3) is 2.70.